The number of nitrogens with zero attached hydrogens (tertiary/aromatic N) is 1. The molecule has 1 aliphatic carbocycles. The lowest BCUT2D eigenvalue weighted by molar-refractivity contribution is 0.209. The van der Waals surface area contributed by atoms with E-state index in [1.807, 2.05) is 0 Å². The van der Waals surface area contributed by atoms with Crippen LogP contribution in [0.1, 0.15) is 53.4 Å². The number of hydrogen-bond donors (Lipinski definition) is 1. The Morgan fingerprint density at radius 3 is 2.35 bits per heavy atom. The highest BCUT2D eigenvalue weighted by molar-refractivity contribution is 4.88. The number of nitrogens with one attached hydrogen (secondary N) is 1. The molecule has 4 atom stereocenters. The first-order chi connectivity index (χ1) is 8.06. The van der Waals surface area contributed by atoms with Crippen molar-refractivity contribution in [1.29, 1.82) is 0 Å². The molecule has 0 spiro atoms. The summed E-state index contributed by atoms with van der Waals surface area (Å²) in [4.78, 5) is 2.60. The van der Waals surface area contributed by atoms with E-state index in [0.717, 1.165) is 23.9 Å². The van der Waals surface area contributed by atoms with E-state index in [-0.39, 0.29) is 0 Å². The molecule has 2 heteroatoms. The topological polar surface area (TPSA) is 15.3 Å². The molecular formula is C15H30N2. The summed E-state index contributed by atoms with van der Waals surface area (Å²) in [6, 6.07) is 2.26. The molecular weight excluding hydrogens is 208 g/mol. The van der Waals surface area contributed by atoms with Crippen LogP contribution >= 0.6 is 0 Å². The lowest BCUT2D eigenvalue weighted by Crippen LogP contribution is -2.44. The summed E-state index contributed by atoms with van der Waals surface area (Å²) in [5, 5.41) is 3.91. The predicted molar refractivity (Wildman–Crippen MR) is 74.2 cm³/mol. The number of hydrogen-bond acceptors (Lipinski definition) is 2. The van der Waals surface area contributed by atoms with Gasteiger partial charge in [0.05, 0.1) is 0 Å². The molecule has 1 saturated heterocycles. The fraction of sp³-hybridized carbons (Fsp3) is 1.00. The number of likely N-dealkylation sites (tertiary alicyclic amines) is 1. The zero-order valence-corrected chi connectivity index (χ0v) is 12.1. The van der Waals surface area contributed by atoms with Gasteiger partial charge in [-0.2, -0.15) is 0 Å². The standard InChI is InChI=1S/C15H30N2/c1-11(2)17-8-7-15(10-17)16-14-6-5-12(3)13(4)9-14/h11-16H,5-10H2,1-4H3. The fourth-order valence-electron chi connectivity index (χ4n) is 3.42. The van der Waals surface area contributed by atoms with Gasteiger partial charge in [-0.3, -0.25) is 4.90 Å². The van der Waals surface area contributed by atoms with Gasteiger partial charge < -0.3 is 5.32 Å². The summed E-state index contributed by atoms with van der Waals surface area (Å²) in [5.41, 5.74) is 0. The van der Waals surface area contributed by atoms with E-state index >= 15 is 0 Å². The summed E-state index contributed by atoms with van der Waals surface area (Å²) in [6.07, 6.45) is 5.54. The lowest BCUT2D eigenvalue weighted by atomic mass is 9.79. The molecule has 2 fully saturated rings. The Bertz CT molecular complexity index is 239. The van der Waals surface area contributed by atoms with Gasteiger partial charge in [0.25, 0.3) is 0 Å². The second-order valence-electron chi connectivity index (χ2n) is 6.71. The SMILES string of the molecule is CC1CCC(NC2CCN(C(C)C)C2)CC1C. The van der Waals surface area contributed by atoms with Crippen molar-refractivity contribution in [1.82, 2.24) is 10.2 Å². The van der Waals surface area contributed by atoms with Crippen molar-refractivity contribution >= 4 is 0 Å². The minimum atomic E-state index is 0.715. The van der Waals surface area contributed by atoms with E-state index in [4.69, 9.17) is 0 Å². The highest BCUT2D eigenvalue weighted by atomic mass is 15.2. The molecule has 1 heterocycles. The van der Waals surface area contributed by atoms with Gasteiger partial charge in [0.2, 0.25) is 0 Å². The van der Waals surface area contributed by atoms with Crippen molar-refractivity contribution in [3.63, 3.8) is 0 Å². The molecule has 0 radical (unpaired) electrons. The summed E-state index contributed by atoms with van der Waals surface area (Å²) in [6.45, 7) is 12.0. The van der Waals surface area contributed by atoms with Gasteiger partial charge in [-0.05, 0) is 57.9 Å². The lowest BCUT2D eigenvalue weighted by Gasteiger charge is -2.34. The minimum Gasteiger partial charge on any atom is -0.310 e. The van der Waals surface area contributed by atoms with Crippen LogP contribution in [0.25, 0.3) is 0 Å². The van der Waals surface area contributed by atoms with Gasteiger partial charge in [-0.15, -0.1) is 0 Å². The van der Waals surface area contributed by atoms with E-state index in [1.54, 1.807) is 0 Å². The van der Waals surface area contributed by atoms with Crippen LogP contribution in [0.4, 0.5) is 0 Å². The number of rotatable bonds is 3. The van der Waals surface area contributed by atoms with Crippen LogP contribution in [0.3, 0.4) is 0 Å². The highest BCUT2D eigenvalue weighted by Crippen LogP contribution is 2.30. The van der Waals surface area contributed by atoms with Gasteiger partial charge in [0.1, 0.15) is 0 Å². The molecule has 2 nitrogen and oxygen atoms in total. The van der Waals surface area contributed by atoms with Crippen LogP contribution in [-0.4, -0.2) is 36.1 Å². The third-order valence-electron chi connectivity index (χ3n) is 5.02. The van der Waals surface area contributed by atoms with E-state index in [2.05, 4.69) is 37.9 Å². The Hall–Kier alpha value is -0.0800. The molecule has 0 amide bonds. The third-order valence-corrected chi connectivity index (χ3v) is 5.02. The van der Waals surface area contributed by atoms with Crippen LogP contribution in [0.15, 0.2) is 0 Å². The van der Waals surface area contributed by atoms with Gasteiger partial charge in [0, 0.05) is 24.7 Å². The third kappa shape index (κ3) is 3.45. The molecule has 1 aliphatic heterocycles. The molecule has 0 aromatic rings. The van der Waals surface area contributed by atoms with Crippen LogP contribution in [0.5, 0.6) is 0 Å². The average molecular weight is 238 g/mol. The van der Waals surface area contributed by atoms with Gasteiger partial charge >= 0.3 is 0 Å². The Morgan fingerprint density at radius 2 is 1.76 bits per heavy atom. The highest BCUT2D eigenvalue weighted by Gasteiger charge is 2.29. The van der Waals surface area contributed by atoms with Crippen molar-refractivity contribution < 1.29 is 0 Å². The molecule has 1 saturated carbocycles. The monoisotopic (exact) mass is 238 g/mol. The largest absolute Gasteiger partial charge is 0.310 e. The summed E-state index contributed by atoms with van der Waals surface area (Å²) < 4.78 is 0. The Morgan fingerprint density at radius 1 is 1.00 bits per heavy atom. The zero-order chi connectivity index (χ0) is 12.4. The molecule has 100 valence electrons. The van der Waals surface area contributed by atoms with E-state index in [1.165, 1.54) is 38.8 Å². The smallest absolute Gasteiger partial charge is 0.0209 e. The Kier molecular flexibility index (Phi) is 4.48. The molecule has 2 aliphatic rings. The maximum Gasteiger partial charge on any atom is 0.0209 e. The summed E-state index contributed by atoms with van der Waals surface area (Å²) in [5.74, 6) is 1.84. The normalized spacial score (nSPS) is 40.1. The van der Waals surface area contributed by atoms with Crippen LogP contribution < -0.4 is 5.32 Å². The van der Waals surface area contributed by atoms with E-state index in [0.29, 0.717) is 6.04 Å². The first-order valence-electron chi connectivity index (χ1n) is 7.56. The van der Waals surface area contributed by atoms with Crippen LogP contribution in [0, 0.1) is 11.8 Å². The molecule has 4 unspecified atom stereocenters. The molecule has 0 aromatic carbocycles. The molecule has 0 bridgehead atoms. The van der Waals surface area contributed by atoms with Gasteiger partial charge in [0.15, 0.2) is 0 Å². The van der Waals surface area contributed by atoms with E-state index in [9.17, 15) is 0 Å². The second kappa shape index (κ2) is 5.71. The van der Waals surface area contributed by atoms with Gasteiger partial charge in [-0.1, -0.05) is 13.8 Å². The molecule has 0 aromatic heterocycles. The van der Waals surface area contributed by atoms with Crippen LogP contribution in [-0.2, 0) is 0 Å². The minimum absolute atomic E-state index is 0.715. The second-order valence-corrected chi connectivity index (χ2v) is 6.71. The Labute approximate surface area is 107 Å². The average Bonchev–Trinajstić information content (AvgIpc) is 2.72. The summed E-state index contributed by atoms with van der Waals surface area (Å²) in [7, 11) is 0. The van der Waals surface area contributed by atoms with Crippen molar-refractivity contribution in [2.45, 2.75) is 71.5 Å². The maximum atomic E-state index is 3.91. The quantitative estimate of drug-likeness (QED) is 0.813. The van der Waals surface area contributed by atoms with Gasteiger partial charge in [-0.25, -0.2) is 0 Å². The van der Waals surface area contributed by atoms with Crippen molar-refractivity contribution in [2.24, 2.45) is 11.8 Å². The van der Waals surface area contributed by atoms with Crippen LogP contribution in [0.2, 0.25) is 0 Å². The van der Waals surface area contributed by atoms with Crippen molar-refractivity contribution in [2.75, 3.05) is 13.1 Å². The van der Waals surface area contributed by atoms with E-state index < -0.39 is 0 Å². The first-order valence-corrected chi connectivity index (χ1v) is 7.56. The summed E-state index contributed by atoms with van der Waals surface area (Å²) >= 11 is 0. The molecule has 2 rings (SSSR count). The molecule has 1 N–H and O–H groups in total. The zero-order valence-electron chi connectivity index (χ0n) is 12.1. The fourth-order valence-corrected chi connectivity index (χ4v) is 3.42. The maximum absolute atomic E-state index is 3.91. The van der Waals surface area contributed by atoms with Crippen molar-refractivity contribution in [3.05, 3.63) is 0 Å². The van der Waals surface area contributed by atoms with Crippen molar-refractivity contribution in [3.8, 4) is 0 Å². The first kappa shape index (κ1) is 13.4. The molecule has 17 heavy (non-hydrogen) atoms. The predicted octanol–water partition coefficient (Wildman–Crippen LogP) is 2.88. The Balaban J connectivity index is 1.75.